The molecule has 18 heavy (non-hydrogen) atoms. The molecule has 1 N–H and O–H groups in total. The Hall–Kier alpha value is -1.22. The van der Waals surface area contributed by atoms with Gasteiger partial charge in [0.15, 0.2) is 0 Å². The van der Waals surface area contributed by atoms with Gasteiger partial charge in [-0.2, -0.15) is 0 Å². The summed E-state index contributed by atoms with van der Waals surface area (Å²) in [6.07, 6.45) is 0. The van der Waals surface area contributed by atoms with Crippen molar-refractivity contribution in [2.24, 2.45) is 11.8 Å². The maximum absolute atomic E-state index is 5.27. The molecule has 3 nitrogen and oxygen atoms in total. The first kappa shape index (κ1) is 14.8. The fourth-order valence-electron chi connectivity index (χ4n) is 2.08. The summed E-state index contributed by atoms with van der Waals surface area (Å²) in [4.78, 5) is 2.30. The van der Waals surface area contributed by atoms with Crippen LogP contribution in [0.1, 0.15) is 13.8 Å². The number of nitrogens with zero attached hydrogens (tertiary/aromatic N) is 1. The molecule has 0 radical (unpaired) electrons. The highest BCUT2D eigenvalue weighted by atomic mass is 16.5. The quantitative estimate of drug-likeness (QED) is 0.805. The summed E-state index contributed by atoms with van der Waals surface area (Å²) in [7, 11) is 5.86. The number of methoxy groups -OCH3 is 1. The van der Waals surface area contributed by atoms with E-state index in [2.05, 4.69) is 43.2 Å². The highest BCUT2D eigenvalue weighted by molar-refractivity contribution is 5.50. The first-order chi connectivity index (χ1) is 8.58. The van der Waals surface area contributed by atoms with Crippen LogP contribution in [0.15, 0.2) is 24.3 Å². The summed E-state index contributed by atoms with van der Waals surface area (Å²) in [5.41, 5.74) is 1.20. The summed E-state index contributed by atoms with van der Waals surface area (Å²) in [6, 6.07) is 8.22. The monoisotopic (exact) mass is 250 g/mol. The fraction of sp³-hybridized carbons (Fsp3) is 0.600. The molecule has 0 aliphatic carbocycles. The Kier molecular flexibility index (Phi) is 5.99. The molecule has 1 aromatic carbocycles. The largest absolute Gasteiger partial charge is 0.497 e. The van der Waals surface area contributed by atoms with Gasteiger partial charge in [0.05, 0.1) is 7.11 Å². The summed E-state index contributed by atoms with van der Waals surface area (Å²) in [5.74, 6) is 2.23. The Morgan fingerprint density at radius 3 is 2.61 bits per heavy atom. The van der Waals surface area contributed by atoms with Crippen LogP contribution in [0.5, 0.6) is 5.75 Å². The van der Waals surface area contributed by atoms with Gasteiger partial charge in [-0.3, -0.25) is 0 Å². The Morgan fingerprint density at radius 1 is 1.33 bits per heavy atom. The average Bonchev–Trinajstić information content (AvgIpc) is 2.38. The van der Waals surface area contributed by atoms with Gasteiger partial charge < -0.3 is 15.0 Å². The van der Waals surface area contributed by atoms with Gasteiger partial charge in [0.25, 0.3) is 0 Å². The number of anilines is 1. The summed E-state index contributed by atoms with van der Waals surface area (Å²) in [6.45, 7) is 6.65. The topological polar surface area (TPSA) is 24.5 Å². The molecule has 1 atom stereocenters. The SMILES string of the molecule is CNCC(CN(C)c1cccc(OC)c1)C(C)C. The van der Waals surface area contributed by atoms with Crippen LogP contribution in [0, 0.1) is 11.8 Å². The lowest BCUT2D eigenvalue weighted by Gasteiger charge is -2.28. The normalized spacial score (nSPS) is 12.6. The van der Waals surface area contributed by atoms with Crippen LogP contribution in [-0.2, 0) is 0 Å². The third-order valence-electron chi connectivity index (χ3n) is 3.41. The lowest BCUT2D eigenvalue weighted by atomic mass is 9.95. The molecular weight excluding hydrogens is 224 g/mol. The van der Waals surface area contributed by atoms with Crippen molar-refractivity contribution in [1.82, 2.24) is 5.32 Å². The minimum Gasteiger partial charge on any atom is -0.497 e. The smallest absolute Gasteiger partial charge is 0.120 e. The molecule has 0 fully saturated rings. The van der Waals surface area contributed by atoms with Crippen molar-refractivity contribution in [3.8, 4) is 5.75 Å². The van der Waals surface area contributed by atoms with E-state index in [-0.39, 0.29) is 0 Å². The van der Waals surface area contributed by atoms with Gasteiger partial charge in [-0.15, -0.1) is 0 Å². The van der Waals surface area contributed by atoms with Gasteiger partial charge in [0.1, 0.15) is 5.75 Å². The van der Waals surface area contributed by atoms with Gasteiger partial charge in [-0.05, 0) is 37.6 Å². The minimum absolute atomic E-state index is 0.645. The number of nitrogens with one attached hydrogen (secondary N) is 1. The third-order valence-corrected chi connectivity index (χ3v) is 3.41. The van der Waals surface area contributed by atoms with E-state index in [1.54, 1.807) is 7.11 Å². The molecule has 102 valence electrons. The highest BCUT2D eigenvalue weighted by Gasteiger charge is 2.15. The molecule has 3 heteroatoms. The molecule has 0 heterocycles. The van der Waals surface area contributed by atoms with Crippen LogP contribution in [0.4, 0.5) is 5.69 Å². The van der Waals surface area contributed by atoms with Crippen LogP contribution in [-0.4, -0.2) is 34.3 Å². The van der Waals surface area contributed by atoms with Crippen LogP contribution >= 0.6 is 0 Å². The average molecular weight is 250 g/mol. The van der Waals surface area contributed by atoms with Crippen LogP contribution in [0.3, 0.4) is 0 Å². The van der Waals surface area contributed by atoms with Crippen molar-refractivity contribution in [2.45, 2.75) is 13.8 Å². The Labute approximate surface area is 111 Å². The molecule has 0 aromatic heterocycles. The van der Waals surface area contributed by atoms with Crippen molar-refractivity contribution in [3.63, 3.8) is 0 Å². The predicted octanol–water partition coefficient (Wildman–Crippen LogP) is 2.62. The molecule has 0 aliphatic rings. The molecule has 0 bridgehead atoms. The maximum atomic E-state index is 5.27. The zero-order chi connectivity index (χ0) is 13.5. The zero-order valence-electron chi connectivity index (χ0n) is 12.2. The van der Waals surface area contributed by atoms with E-state index >= 15 is 0 Å². The van der Waals surface area contributed by atoms with Crippen LogP contribution in [0.2, 0.25) is 0 Å². The van der Waals surface area contributed by atoms with Crippen molar-refractivity contribution >= 4 is 5.69 Å². The number of benzene rings is 1. The molecule has 0 saturated heterocycles. The maximum Gasteiger partial charge on any atom is 0.120 e. The fourth-order valence-corrected chi connectivity index (χ4v) is 2.08. The standard InChI is InChI=1S/C15H26N2O/c1-12(2)13(10-16-3)11-17(4)14-7-6-8-15(9-14)18-5/h6-9,12-13,16H,10-11H2,1-5H3. The van der Waals surface area contributed by atoms with E-state index in [0.29, 0.717) is 11.8 Å². The Bertz CT molecular complexity index is 352. The van der Waals surface area contributed by atoms with Crippen molar-refractivity contribution in [3.05, 3.63) is 24.3 Å². The van der Waals surface area contributed by atoms with Crippen LogP contribution < -0.4 is 15.0 Å². The second kappa shape index (κ2) is 7.27. The van der Waals surface area contributed by atoms with E-state index in [1.807, 2.05) is 19.2 Å². The minimum atomic E-state index is 0.645. The molecule has 0 amide bonds. The first-order valence-electron chi connectivity index (χ1n) is 6.58. The van der Waals surface area contributed by atoms with Crippen molar-refractivity contribution in [1.29, 1.82) is 0 Å². The molecule has 0 aliphatic heterocycles. The number of ether oxygens (including phenoxy) is 1. The lowest BCUT2D eigenvalue weighted by molar-refractivity contribution is 0.376. The molecular formula is C15H26N2O. The number of hydrogen-bond acceptors (Lipinski definition) is 3. The lowest BCUT2D eigenvalue weighted by Crippen LogP contribution is -2.34. The highest BCUT2D eigenvalue weighted by Crippen LogP contribution is 2.22. The summed E-state index contributed by atoms with van der Waals surface area (Å²) in [5, 5.41) is 3.28. The second-order valence-corrected chi connectivity index (χ2v) is 5.14. The van der Waals surface area contributed by atoms with Crippen molar-refractivity contribution in [2.75, 3.05) is 39.2 Å². The molecule has 1 rings (SSSR count). The van der Waals surface area contributed by atoms with Crippen molar-refractivity contribution < 1.29 is 4.74 Å². The van der Waals surface area contributed by atoms with E-state index in [0.717, 1.165) is 18.8 Å². The second-order valence-electron chi connectivity index (χ2n) is 5.14. The molecule has 1 aromatic rings. The van der Waals surface area contributed by atoms with E-state index in [4.69, 9.17) is 4.74 Å². The van der Waals surface area contributed by atoms with E-state index in [1.165, 1.54) is 5.69 Å². The zero-order valence-corrected chi connectivity index (χ0v) is 12.2. The van der Waals surface area contributed by atoms with E-state index < -0.39 is 0 Å². The van der Waals surface area contributed by atoms with Crippen LogP contribution in [0.25, 0.3) is 0 Å². The number of hydrogen-bond donors (Lipinski definition) is 1. The van der Waals surface area contributed by atoms with Gasteiger partial charge in [-0.25, -0.2) is 0 Å². The Morgan fingerprint density at radius 2 is 2.06 bits per heavy atom. The molecule has 1 unspecified atom stereocenters. The van der Waals surface area contributed by atoms with Gasteiger partial charge in [-0.1, -0.05) is 19.9 Å². The summed E-state index contributed by atoms with van der Waals surface area (Å²) < 4.78 is 5.27. The Balaban J connectivity index is 2.70. The van der Waals surface area contributed by atoms with Gasteiger partial charge >= 0.3 is 0 Å². The van der Waals surface area contributed by atoms with E-state index in [9.17, 15) is 0 Å². The predicted molar refractivity (Wildman–Crippen MR) is 78.5 cm³/mol. The first-order valence-corrected chi connectivity index (χ1v) is 6.58. The van der Waals surface area contributed by atoms with Gasteiger partial charge in [0, 0.05) is 25.3 Å². The summed E-state index contributed by atoms with van der Waals surface area (Å²) >= 11 is 0. The number of rotatable bonds is 7. The van der Waals surface area contributed by atoms with Gasteiger partial charge in [0.2, 0.25) is 0 Å². The molecule has 0 spiro atoms. The molecule has 0 saturated carbocycles. The third kappa shape index (κ3) is 4.22.